The van der Waals surface area contributed by atoms with Gasteiger partial charge in [-0.1, -0.05) is 30.3 Å². The second-order valence-corrected chi connectivity index (χ2v) is 7.76. The van der Waals surface area contributed by atoms with Crippen molar-refractivity contribution in [3.63, 3.8) is 0 Å². The van der Waals surface area contributed by atoms with Crippen LogP contribution >= 0.6 is 0 Å². The minimum atomic E-state index is -0.0757. The van der Waals surface area contributed by atoms with E-state index in [1.807, 2.05) is 48.7 Å². The van der Waals surface area contributed by atoms with Crippen molar-refractivity contribution in [2.45, 2.75) is 31.8 Å². The summed E-state index contributed by atoms with van der Waals surface area (Å²) in [5.41, 5.74) is 2.18. The lowest BCUT2D eigenvalue weighted by Crippen LogP contribution is -2.34. The molecule has 0 spiro atoms. The summed E-state index contributed by atoms with van der Waals surface area (Å²) in [5.74, 6) is 2.46. The molecule has 5 rings (SSSR count). The summed E-state index contributed by atoms with van der Waals surface area (Å²) in [6.07, 6.45) is 3.81. The third kappa shape index (κ3) is 4.59. The maximum Gasteiger partial charge on any atom is 0.221 e. The van der Waals surface area contributed by atoms with E-state index in [9.17, 15) is 4.79 Å². The third-order valence-electron chi connectivity index (χ3n) is 5.45. The highest BCUT2D eigenvalue weighted by molar-refractivity contribution is 5.83. The van der Waals surface area contributed by atoms with E-state index in [1.54, 1.807) is 0 Å². The molecule has 3 heterocycles. The monoisotopic (exact) mass is 432 g/mol. The molecule has 2 aromatic carbocycles. The lowest BCUT2D eigenvalue weighted by molar-refractivity contribution is -0.121. The molecular formula is C24H24N4O4. The molecular weight excluding hydrogens is 408 g/mol. The summed E-state index contributed by atoms with van der Waals surface area (Å²) < 4.78 is 17.3. The molecule has 32 heavy (non-hydrogen) atoms. The van der Waals surface area contributed by atoms with Gasteiger partial charge in [-0.3, -0.25) is 4.79 Å². The predicted molar refractivity (Wildman–Crippen MR) is 118 cm³/mol. The van der Waals surface area contributed by atoms with Crippen molar-refractivity contribution >= 4 is 16.8 Å². The fourth-order valence-corrected chi connectivity index (χ4v) is 3.79. The first-order chi connectivity index (χ1) is 15.7. The van der Waals surface area contributed by atoms with Gasteiger partial charge in [0.1, 0.15) is 12.7 Å². The number of carbonyl (C=O) groups excluding carboxylic acids is 1. The van der Waals surface area contributed by atoms with Crippen LogP contribution in [-0.4, -0.2) is 40.3 Å². The predicted octanol–water partition coefficient (Wildman–Crippen LogP) is 3.42. The second kappa shape index (κ2) is 9.13. The minimum Gasteiger partial charge on any atom is -0.486 e. The molecule has 0 saturated heterocycles. The first kappa shape index (κ1) is 20.1. The molecule has 2 aromatic heterocycles. The number of aromatic nitrogens is 3. The van der Waals surface area contributed by atoms with E-state index in [-0.39, 0.29) is 12.0 Å². The van der Waals surface area contributed by atoms with Gasteiger partial charge < -0.3 is 24.2 Å². The number of fused-ring (bicyclic) bond motifs is 2. The number of hydrogen-bond donors (Lipinski definition) is 2. The van der Waals surface area contributed by atoms with Gasteiger partial charge in [0.15, 0.2) is 11.5 Å². The van der Waals surface area contributed by atoms with Gasteiger partial charge in [-0.05, 0) is 23.8 Å². The Morgan fingerprint density at radius 1 is 1.06 bits per heavy atom. The van der Waals surface area contributed by atoms with Crippen molar-refractivity contribution in [3.05, 3.63) is 72.1 Å². The fourth-order valence-electron chi connectivity index (χ4n) is 3.79. The van der Waals surface area contributed by atoms with Crippen LogP contribution in [0.3, 0.4) is 0 Å². The van der Waals surface area contributed by atoms with Crippen LogP contribution in [0, 0.1) is 0 Å². The van der Waals surface area contributed by atoms with Crippen molar-refractivity contribution in [1.29, 1.82) is 0 Å². The molecule has 164 valence electrons. The zero-order valence-corrected chi connectivity index (χ0v) is 17.5. The minimum absolute atomic E-state index is 0.0569. The maximum atomic E-state index is 12.2. The van der Waals surface area contributed by atoms with Crippen LogP contribution in [-0.2, 0) is 17.6 Å². The van der Waals surface area contributed by atoms with Gasteiger partial charge in [0.2, 0.25) is 17.7 Å². The number of carbonyl (C=O) groups is 1. The molecule has 0 radical (unpaired) electrons. The number of rotatable bonds is 8. The maximum absolute atomic E-state index is 12.2. The molecule has 0 bridgehead atoms. The van der Waals surface area contributed by atoms with E-state index >= 15 is 0 Å². The number of amides is 1. The molecule has 0 saturated carbocycles. The SMILES string of the molecule is O=C(CCc1nnc(Cc2c[nH]c3ccccc23)o1)NCC[C@@H]1COc2ccccc2O1. The quantitative estimate of drug-likeness (QED) is 0.442. The highest BCUT2D eigenvalue weighted by atomic mass is 16.6. The van der Waals surface area contributed by atoms with E-state index < -0.39 is 0 Å². The highest BCUT2D eigenvalue weighted by Gasteiger charge is 2.20. The van der Waals surface area contributed by atoms with Crippen molar-refractivity contribution in [1.82, 2.24) is 20.5 Å². The van der Waals surface area contributed by atoms with Gasteiger partial charge in [0.25, 0.3) is 0 Å². The Labute approximate surface area is 184 Å². The molecule has 8 heteroatoms. The Morgan fingerprint density at radius 3 is 2.81 bits per heavy atom. The fraction of sp³-hybridized carbons (Fsp3) is 0.292. The number of nitrogens with one attached hydrogen (secondary N) is 2. The Balaban J connectivity index is 1.05. The molecule has 8 nitrogen and oxygen atoms in total. The van der Waals surface area contributed by atoms with Gasteiger partial charge in [0, 0.05) is 42.9 Å². The summed E-state index contributed by atoms with van der Waals surface area (Å²) in [6, 6.07) is 15.7. The molecule has 4 aromatic rings. The number of H-pyrrole nitrogens is 1. The first-order valence-corrected chi connectivity index (χ1v) is 10.8. The number of aromatic amines is 1. The van der Waals surface area contributed by atoms with Crippen LogP contribution in [0.1, 0.15) is 30.2 Å². The summed E-state index contributed by atoms with van der Waals surface area (Å²) in [6.45, 7) is 0.999. The zero-order valence-electron chi connectivity index (χ0n) is 17.5. The van der Waals surface area contributed by atoms with Crippen molar-refractivity contribution in [2.75, 3.05) is 13.2 Å². The number of ether oxygens (including phenoxy) is 2. The lowest BCUT2D eigenvalue weighted by atomic mass is 10.1. The molecule has 0 fully saturated rings. The van der Waals surface area contributed by atoms with Crippen LogP contribution < -0.4 is 14.8 Å². The zero-order chi connectivity index (χ0) is 21.8. The normalized spacial score (nSPS) is 15.1. The molecule has 1 amide bonds. The topological polar surface area (TPSA) is 102 Å². The van der Waals surface area contributed by atoms with E-state index in [1.165, 1.54) is 0 Å². The second-order valence-electron chi connectivity index (χ2n) is 7.76. The third-order valence-corrected chi connectivity index (χ3v) is 5.45. The average molecular weight is 432 g/mol. The van der Waals surface area contributed by atoms with Crippen molar-refractivity contribution < 1.29 is 18.7 Å². The van der Waals surface area contributed by atoms with Crippen molar-refractivity contribution in [3.8, 4) is 11.5 Å². The Morgan fingerprint density at radius 2 is 1.88 bits per heavy atom. The standard InChI is InChI=1S/C24H24N4O4/c29-22(25-12-11-17-15-30-20-7-3-4-8-21(20)31-17)9-10-23-27-28-24(32-23)13-16-14-26-19-6-2-1-5-18(16)19/h1-8,14,17,26H,9-13,15H2,(H,25,29)/t17-/m1/s1. The largest absolute Gasteiger partial charge is 0.486 e. The summed E-state index contributed by atoms with van der Waals surface area (Å²) >= 11 is 0. The Kier molecular flexibility index (Phi) is 5.74. The average Bonchev–Trinajstić information content (AvgIpc) is 3.45. The lowest BCUT2D eigenvalue weighted by Gasteiger charge is -2.26. The van der Waals surface area contributed by atoms with Crippen LogP contribution in [0.4, 0.5) is 0 Å². The summed E-state index contributed by atoms with van der Waals surface area (Å²) in [4.78, 5) is 15.4. The van der Waals surface area contributed by atoms with Gasteiger partial charge in [-0.25, -0.2) is 0 Å². The number of nitrogens with zero attached hydrogens (tertiary/aromatic N) is 2. The number of hydrogen-bond acceptors (Lipinski definition) is 6. The molecule has 2 N–H and O–H groups in total. The Hall–Kier alpha value is -3.81. The number of para-hydroxylation sites is 3. The molecule has 1 aliphatic rings. The van der Waals surface area contributed by atoms with Crippen LogP contribution in [0.2, 0.25) is 0 Å². The molecule has 0 aliphatic carbocycles. The van der Waals surface area contributed by atoms with Crippen LogP contribution in [0.25, 0.3) is 10.9 Å². The molecule has 1 aliphatic heterocycles. The molecule has 1 atom stereocenters. The highest BCUT2D eigenvalue weighted by Crippen LogP contribution is 2.31. The van der Waals surface area contributed by atoms with Gasteiger partial charge in [-0.2, -0.15) is 0 Å². The first-order valence-electron chi connectivity index (χ1n) is 10.8. The molecule has 0 unspecified atom stereocenters. The van der Waals surface area contributed by atoms with E-state index in [0.717, 1.165) is 28.0 Å². The summed E-state index contributed by atoms with van der Waals surface area (Å²) in [5, 5.41) is 12.3. The van der Waals surface area contributed by atoms with Crippen LogP contribution in [0.15, 0.2) is 59.1 Å². The smallest absolute Gasteiger partial charge is 0.221 e. The summed E-state index contributed by atoms with van der Waals surface area (Å²) in [7, 11) is 0. The number of aryl methyl sites for hydroxylation is 1. The Bertz CT molecular complexity index is 1220. The van der Waals surface area contributed by atoms with Gasteiger partial charge >= 0.3 is 0 Å². The van der Waals surface area contributed by atoms with Gasteiger partial charge in [0.05, 0.1) is 6.42 Å². The van der Waals surface area contributed by atoms with Gasteiger partial charge in [-0.15, -0.1) is 10.2 Å². The van der Waals surface area contributed by atoms with Crippen molar-refractivity contribution in [2.24, 2.45) is 0 Å². The van der Waals surface area contributed by atoms with E-state index in [2.05, 4.69) is 26.6 Å². The van der Waals surface area contributed by atoms with Crippen LogP contribution in [0.5, 0.6) is 11.5 Å². The number of benzene rings is 2. The van der Waals surface area contributed by atoms with E-state index in [0.29, 0.717) is 50.6 Å². The van der Waals surface area contributed by atoms with E-state index in [4.69, 9.17) is 13.9 Å².